The molecule has 1 saturated heterocycles. The lowest BCUT2D eigenvalue weighted by Gasteiger charge is -2.36. The van der Waals surface area contributed by atoms with E-state index in [0.717, 1.165) is 58.6 Å². The molecule has 2 aromatic heterocycles. The maximum Gasteiger partial charge on any atom is 0.223 e. The van der Waals surface area contributed by atoms with E-state index in [4.69, 9.17) is 4.74 Å². The number of carbonyl (C=O) groups excluding carboxylic acids is 1. The van der Waals surface area contributed by atoms with Gasteiger partial charge in [0.1, 0.15) is 21.9 Å². The lowest BCUT2D eigenvalue weighted by atomic mass is 10.2. The van der Waals surface area contributed by atoms with E-state index in [1.807, 2.05) is 23.1 Å². The number of hydrogen-bond acceptors (Lipinski definition) is 7. The summed E-state index contributed by atoms with van der Waals surface area (Å²) in [6.45, 7) is 5.20. The molecule has 1 amide bonds. The van der Waals surface area contributed by atoms with E-state index in [-0.39, 0.29) is 5.91 Å². The third kappa shape index (κ3) is 4.48. The molecule has 6 nitrogen and oxygen atoms in total. The Labute approximate surface area is 178 Å². The number of thiophene rings is 1. The Hall–Kier alpha value is -2.32. The van der Waals surface area contributed by atoms with Gasteiger partial charge in [0, 0.05) is 48.6 Å². The summed E-state index contributed by atoms with van der Waals surface area (Å²) in [5.41, 5.74) is 1.09. The number of nitrogens with zero attached hydrogens (tertiary/aromatic N) is 4. The number of benzene rings is 1. The van der Waals surface area contributed by atoms with Crippen LogP contribution in [0.2, 0.25) is 0 Å². The van der Waals surface area contributed by atoms with Crippen LogP contribution in [0.25, 0.3) is 10.2 Å². The fourth-order valence-electron chi connectivity index (χ4n) is 3.55. The van der Waals surface area contributed by atoms with Crippen LogP contribution in [0.1, 0.15) is 11.3 Å². The number of anilines is 1. The zero-order chi connectivity index (χ0) is 20.2. The monoisotopic (exact) mass is 428 g/mol. The molecule has 1 aliphatic heterocycles. The van der Waals surface area contributed by atoms with Crippen LogP contribution >= 0.6 is 23.1 Å². The smallest absolute Gasteiger partial charge is 0.223 e. The molecule has 0 saturated carbocycles. The standard InChI is InChI=1S/C21H24N4O2S2/c1-15-13-16-20(22-14-23-21(16)29-15)28-12-7-19(26)25-10-8-24(9-11-25)17-5-3-4-6-18(17)27-2/h3-6,13-14H,7-12H2,1-2H3. The fraction of sp³-hybridized carbons (Fsp3) is 0.381. The number of aryl methyl sites for hydroxylation is 1. The van der Waals surface area contributed by atoms with Crippen molar-refractivity contribution in [1.29, 1.82) is 0 Å². The maximum atomic E-state index is 12.7. The van der Waals surface area contributed by atoms with Crippen molar-refractivity contribution in [2.75, 3.05) is 43.9 Å². The van der Waals surface area contributed by atoms with Gasteiger partial charge in [-0.3, -0.25) is 4.79 Å². The molecule has 0 aliphatic carbocycles. The number of methoxy groups -OCH3 is 1. The van der Waals surface area contributed by atoms with Gasteiger partial charge in [-0.15, -0.1) is 23.1 Å². The van der Waals surface area contributed by atoms with E-state index in [1.54, 1.807) is 36.5 Å². The number of rotatable bonds is 6. The Kier molecular flexibility index (Phi) is 6.20. The molecule has 0 unspecified atom stereocenters. The lowest BCUT2D eigenvalue weighted by molar-refractivity contribution is -0.131. The number of fused-ring (bicyclic) bond motifs is 1. The predicted octanol–water partition coefficient (Wildman–Crippen LogP) is 3.84. The Morgan fingerprint density at radius 3 is 2.79 bits per heavy atom. The predicted molar refractivity (Wildman–Crippen MR) is 119 cm³/mol. The van der Waals surface area contributed by atoms with Crippen molar-refractivity contribution in [2.45, 2.75) is 18.4 Å². The third-order valence-electron chi connectivity index (χ3n) is 5.03. The van der Waals surface area contributed by atoms with E-state index in [1.165, 1.54) is 4.88 Å². The zero-order valence-electron chi connectivity index (χ0n) is 16.6. The SMILES string of the molecule is COc1ccccc1N1CCN(C(=O)CCSc2ncnc3sc(C)cc23)CC1. The summed E-state index contributed by atoms with van der Waals surface area (Å²) in [7, 11) is 1.69. The van der Waals surface area contributed by atoms with Crippen LogP contribution in [0.5, 0.6) is 5.75 Å². The van der Waals surface area contributed by atoms with Crippen LogP contribution < -0.4 is 9.64 Å². The Morgan fingerprint density at radius 2 is 2.00 bits per heavy atom. The van der Waals surface area contributed by atoms with E-state index in [9.17, 15) is 4.79 Å². The highest BCUT2D eigenvalue weighted by Crippen LogP contribution is 2.31. The normalized spacial score (nSPS) is 14.4. The van der Waals surface area contributed by atoms with Gasteiger partial charge in [0.2, 0.25) is 5.91 Å². The topological polar surface area (TPSA) is 58.6 Å². The first-order valence-electron chi connectivity index (χ1n) is 9.65. The summed E-state index contributed by atoms with van der Waals surface area (Å²) in [5, 5.41) is 2.06. The number of para-hydroxylation sites is 2. The Bertz CT molecular complexity index is 999. The van der Waals surface area contributed by atoms with Crippen LogP contribution in [0.4, 0.5) is 5.69 Å². The van der Waals surface area contributed by atoms with Crippen molar-refractivity contribution in [3.63, 3.8) is 0 Å². The van der Waals surface area contributed by atoms with E-state index in [0.29, 0.717) is 6.42 Å². The number of piperazine rings is 1. The minimum Gasteiger partial charge on any atom is -0.495 e. The van der Waals surface area contributed by atoms with Crippen LogP contribution in [0, 0.1) is 6.92 Å². The first kappa shape index (κ1) is 20.0. The van der Waals surface area contributed by atoms with Gasteiger partial charge in [0.25, 0.3) is 0 Å². The zero-order valence-corrected chi connectivity index (χ0v) is 18.3. The maximum absolute atomic E-state index is 12.7. The largest absolute Gasteiger partial charge is 0.495 e. The lowest BCUT2D eigenvalue weighted by Crippen LogP contribution is -2.49. The number of ether oxygens (including phenoxy) is 1. The van der Waals surface area contributed by atoms with Gasteiger partial charge in [-0.1, -0.05) is 12.1 Å². The quantitative estimate of drug-likeness (QED) is 0.439. The molecule has 4 rings (SSSR count). The second kappa shape index (κ2) is 9.00. The summed E-state index contributed by atoms with van der Waals surface area (Å²) in [6.07, 6.45) is 2.13. The van der Waals surface area contributed by atoms with Crippen molar-refractivity contribution in [1.82, 2.24) is 14.9 Å². The van der Waals surface area contributed by atoms with Gasteiger partial charge >= 0.3 is 0 Å². The summed E-state index contributed by atoms with van der Waals surface area (Å²) in [4.78, 5) is 27.9. The second-order valence-corrected chi connectivity index (χ2v) is 9.21. The number of aromatic nitrogens is 2. The number of hydrogen-bond donors (Lipinski definition) is 0. The molecule has 29 heavy (non-hydrogen) atoms. The summed E-state index contributed by atoms with van der Waals surface area (Å²) >= 11 is 3.32. The van der Waals surface area contributed by atoms with Crippen molar-refractivity contribution in [3.8, 4) is 5.75 Å². The molecule has 0 N–H and O–H groups in total. The van der Waals surface area contributed by atoms with Gasteiger partial charge in [0.15, 0.2) is 0 Å². The fourth-order valence-corrected chi connectivity index (χ4v) is 5.36. The molecule has 0 radical (unpaired) electrons. The summed E-state index contributed by atoms with van der Waals surface area (Å²) < 4.78 is 5.47. The number of amides is 1. The van der Waals surface area contributed by atoms with Crippen molar-refractivity contribution >= 4 is 44.9 Å². The highest BCUT2D eigenvalue weighted by atomic mass is 32.2. The average molecular weight is 429 g/mol. The van der Waals surface area contributed by atoms with Crippen LogP contribution in [0.3, 0.4) is 0 Å². The van der Waals surface area contributed by atoms with Crippen molar-refractivity contribution in [2.24, 2.45) is 0 Å². The van der Waals surface area contributed by atoms with Gasteiger partial charge in [-0.05, 0) is 25.1 Å². The second-order valence-electron chi connectivity index (χ2n) is 6.89. The van der Waals surface area contributed by atoms with Gasteiger partial charge in [-0.2, -0.15) is 0 Å². The highest BCUT2D eigenvalue weighted by Gasteiger charge is 2.22. The van der Waals surface area contributed by atoms with Crippen molar-refractivity contribution in [3.05, 3.63) is 41.5 Å². The van der Waals surface area contributed by atoms with E-state index < -0.39 is 0 Å². The highest BCUT2D eigenvalue weighted by molar-refractivity contribution is 7.99. The van der Waals surface area contributed by atoms with Gasteiger partial charge in [0.05, 0.1) is 12.8 Å². The average Bonchev–Trinajstić information content (AvgIpc) is 3.15. The molecule has 1 fully saturated rings. The molecular formula is C21H24N4O2S2. The molecule has 0 bridgehead atoms. The van der Waals surface area contributed by atoms with Crippen molar-refractivity contribution < 1.29 is 9.53 Å². The third-order valence-corrected chi connectivity index (χ3v) is 6.99. The summed E-state index contributed by atoms with van der Waals surface area (Å²) in [6, 6.07) is 10.2. The Morgan fingerprint density at radius 1 is 1.21 bits per heavy atom. The Balaban J connectivity index is 1.29. The molecule has 8 heteroatoms. The molecule has 1 aromatic carbocycles. The molecular weight excluding hydrogens is 404 g/mol. The van der Waals surface area contributed by atoms with Crippen LogP contribution in [-0.4, -0.2) is 59.8 Å². The molecule has 3 aromatic rings. The van der Waals surface area contributed by atoms with Gasteiger partial charge < -0.3 is 14.5 Å². The first-order valence-corrected chi connectivity index (χ1v) is 11.5. The van der Waals surface area contributed by atoms with Crippen LogP contribution in [-0.2, 0) is 4.79 Å². The van der Waals surface area contributed by atoms with E-state index in [2.05, 4.69) is 33.9 Å². The number of thioether (sulfide) groups is 1. The van der Waals surface area contributed by atoms with E-state index >= 15 is 0 Å². The molecule has 3 heterocycles. The van der Waals surface area contributed by atoms with Gasteiger partial charge in [-0.25, -0.2) is 9.97 Å². The number of carbonyl (C=O) groups is 1. The molecule has 0 spiro atoms. The minimum atomic E-state index is 0.212. The molecule has 1 aliphatic rings. The molecule has 152 valence electrons. The first-order chi connectivity index (χ1) is 14.2. The molecule has 0 atom stereocenters. The minimum absolute atomic E-state index is 0.212. The van der Waals surface area contributed by atoms with Crippen LogP contribution in [0.15, 0.2) is 41.7 Å². The summed E-state index contributed by atoms with van der Waals surface area (Å²) in [5.74, 6) is 1.82.